The second kappa shape index (κ2) is 7.98. The van der Waals surface area contributed by atoms with Crippen molar-refractivity contribution in [2.45, 2.75) is 72.3 Å². The van der Waals surface area contributed by atoms with Crippen molar-refractivity contribution >= 4 is 0 Å². The first-order valence-corrected chi connectivity index (χ1v) is 8.89. The highest BCUT2D eigenvalue weighted by atomic mass is 14.9. The van der Waals surface area contributed by atoms with Gasteiger partial charge < -0.3 is 5.32 Å². The molecule has 0 aromatic heterocycles. The van der Waals surface area contributed by atoms with Crippen LogP contribution in [0.25, 0.3) is 0 Å². The number of hydrogen-bond donors (Lipinski definition) is 1. The van der Waals surface area contributed by atoms with E-state index in [-0.39, 0.29) is 0 Å². The van der Waals surface area contributed by atoms with Gasteiger partial charge in [0.05, 0.1) is 0 Å². The Bertz CT molecular complexity index is 417. The summed E-state index contributed by atoms with van der Waals surface area (Å²) in [4.78, 5) is 0. The molecule has 1 nitrogen and oxygen atoms in total. The summed E-state index contributed by atoms with van der Waals surface area (Å²) in [6.07, 6.45) is 8.09. The topological polar surface area (TPSA) is 12.0 Å². The lowest BCUT2D eigenvalue weighted by atomic mass is 9.77. The number of rotatable bonds is 6. The van der Waals surface area contributed by atoms with E-state index in [1.54, 1.807) is 0 Å². The van der Waals surface area contributed by atoms with Crippen LogP contribution in [0.4, 0.5) is 0 Å². The van der Waals surface area contributed by atoms with E-state index in [4.69, 9.17) is 0 Å². The quantitative estimate of drug-likeness (QED) is 0.773. The van der Waals surface area contributed by atoms with Crippen LogP contribution >= 0.6 is 0 Å². The molecule has 0 aliphatic heterocycles. The van der Waals surface area contributed by atoms with Crippen LogP contribution in [-0.4, -0.2) is 12.6 Å². The van der Waals surface area contributed by atoms with E-state index in [9.17, 15) is 0 Å². The Labute approximate surface area is 131 Å². The van der Waals surface area contributed by atoms with E-state index in [1.165, 1.54) is 55.2 Å². The minimum Gasteiger partial charge on any atom is -0.313 e. The fraction of sp³-hybridized carbons (Fsp3) is 0.700. The molecule has 0 heterocycles. The number of aryl methyl sites for hydroxylation is 2. The van der Waals surface area contributed by atoms with Crippen LogP contribution in [0.15, 0.2) is 18.2 Å². The molecule has 21 heavy (non-hydrogen) atoms. The van der Waals surface area contributed by atoms with Gasteiger partial charge in [0.2, 0.25) is 0 Å². The van der Waals surface area contributed by atoms with Gasteiger partial charge in [0.15, 0.2) is 0 Å². The molecule has 0 bridgehead atoms. The summed E-state index contributed by atoms with van der Waals surface area (Å²) in [7, 11) is 0. The summed E-state index contributed by atoms with van der Waals surface area (Å²) in [6.45, 7) is 10.3. The van der Waals surface area contributed by atoms with Gasteiger partial charge in [0.25, 0.3) is 0 Å². The Hall–Kier alpha value is -0.820. The zero-order valence-electron chi connectivity index (χ0n) is 14.4. The van der Waals surface area contributed by atoms with Gasteiger partial charge >= 0.3 is 0 Å². The molecule has 1 N–H and O–H groups in total. The first kappa shape index (κ1) is 16.5. The Balaban J connectivity index is 2.07. The van der Waals surface area contributed by atoms with Gasteiger partial charge in [-0.1, -0.05) is 56.0 Å². The first-order chi connectivity index (χ1) is 10.1. The van der Waals surface area contributed by atoms with Gasteiger partial charge in [-0.05, 0) is 63.5 Å². The molecule has 2 rings (SSSR count). The fourth-order valence-corrected chi connectivity index (χ4v) is 4.02. The third-order valence-corrected chi connectivity index (χ3v) is 4.94. The largest absolute Gasteiger partial charge is 0.313 e. The highest BCUT2D eigenvalue weighted by Gasteiger charge is 2.26. The maximum absolute atomic E-state index is 3.85. The summed E-state index contributed by atoms with van der Waals surface area (Å²) < 4.78 is 0. The van der Waals surface area contributed by atoms with E-state index < -0.39 is 0 Å². The van der Waals surface area contributed by atoms with E-state index in [2.05, 4.69) is 51.2 Å². The zero-order valence-corrected chi connectivity index (χ0v) is 14.4. The third-order valence-electron chi connectivity index (χ3n) is 4.94. The number of hydrogen-bond acceptors (Lipinski definition) is 1. The van der Waals surface area contributed by atoms with E-state index in [0.717, 1.165) is 18.4 Å². The van der Waals surface area contributed by atoms with Crippen molar-refractivity contribution in [1.82, 2.24) is 5.32 Å². The third kappa shape index (κ3) is 5.14. The SMILES string of the molecule is CCCNC(Cc1cc(C)cc(C)c1)C1CCCC(C)C1. The second-order valence-corrected chi connectivity index (χ2v) is 7.29. The Morgan fingerprint density at radius 2 is 1.86 bits per heavy atom. The minimum absolute atomic E-state index is 0.661. The molecule has 0 spiro atoms. The predicted molar refractivity (Wildman–Crippen MR) is 92.8 cm³/mol. The molecule has 1 saturated carbocycles. The molecule has 1 aliphatic carbocycles. The summed E-state index contributed by atoms with van der Waals surface area (Å²) in [5.41, 5.74) is 4.31. The van der Waals surface area contributed by atoms with Crippen molar-refractivity contribution in [2.75, 3.05) is 6.54 Å². The van der Waals surface area contributed by atoms with Crippen molar-refractivity contribution < 1.29 is 0 Å². The van der Waals surface area contributed by atoms with Crippen LogP contribution in [0.3, 0.4) is 0 Å². The first-order valence-electron chi connectivity index (χ1n) is 8.89. The molecule has 0 radical (unpaired) electrons. The fourth-order valence-electron chi connectivity index (χ4n) is 4.02. The van der Waals surface area contributed by atoms with E-state index in [1.807, 2.05) is 0 Å². The van der Waals surface area contributed by atoms with Crippen LogP contribution in [0.5, 0.6) is 0 Å². The average Bonchev–Trinajstić information content (AvgIpc) is 2.42. The molecule has 1 aromatic rings. The van der Waals surface area contributed by atoms with Crippen molar-refractivity contribution in [3.8, 4) is 0 Å². The molecule has 0 saturated heterocycles. The van der Waals surface area contributed by atoms with Crippen LogP contribution in [0.2, 0.25) is 0 Å². The lowest BCUT2D eigenvalue weighted by molar-refractivity contribution is 0.221. The van der Waals surface area contributed by atoms with Crippen LogP contribution in [0, 0.1) is 25.7 Å². The molecule has 3 unspecified atom stereocenters. The van der Waals surface area contributed by atoms with Crippen LogP contribution < -0.4 is 5.32 Å². The van der Waals surface area contributed by atoms with E-state index >= 15 is 0 Å². The zero-order chi connectivity index (χ0) is 15.2. The van der Waals surface area contributed by atoms with Gasteiger partial charge in [-0.15, -0.1) is 0 Å². The van der Waals surface area contributed by atoms with Crippen LogP contribution in [0.1, 0.15) is 62.6 Å². The Kier molecular flexibility index (Phi) is 6.29. The summed E-state index contributed by atoms with van der Waals surface area (Å²) in [5, 5.41) is 3.85. The highest BCUT2D eigenvalue weighted by Crippen LogP contribution is 2.32. The lowest BCUT2D eigenvalue weighted by Crippen LogP contribution is -2.40. The van der Waals surface area contributed by atoms with Crippen molar-refractivity contribution in [3.05, 3.63) is 34.9 Å². The molecule has 118 valence electrons. The number of nitrogens with one attached hydrogen (secondary N) is 1. The molecule has 1 fully saturated rings. The molecular formula is C20H33N. The molecule has 0 amide bonds. The predicted octanol–water partition coefficient (Wildman–Crippen LogP) is 5.04. The average molecular weight is 287 g/mol. The maximum Gasteiger partial charge on any atom is 0.0136 e. The molecule has 1 aliphatic rings. The monoisotopic (exact) mass is 287 g/mol. The van der Waals surface area contributed by atoms with Gasteiger partial charge in [0.1, 0.15) is 0 Å². The van der Waals surface area contributed by atoms with Gasteiger partial charge in [0, 0.05) is 6.04 Å². The molecule has 1 aromatic carbocycles. The van der Waals surface area contributed by atoms with Gasteiger partial charge in [-0.2, -0.15) is 0 Å². The van der Waals surface area contributed by atoms with Gasteiger partial charge in [-0.3, -0.25) is 0 Å². The summed E-state index contributed by atoms with van der Waals surface area (Å²) >= 11 is 0. The standard InChI is InChI=1S/C20H33N/c1-5-9-21-20(19-8-6-7-15(2)13-19)14-18-11-16(3)10-17(4)12-18/h10-12,15,19-21H,5-9,13-14H2,1-4H3. The van der Waals surface area contributed by atoms with Crippen molar-refractivity contribution in [2.24, 2.45) is 11.8 Å². The lowest BCUT2D eigenvalue weighted by Gasteiger charge is -2.34. The van der Waals surface area contributed by atoms with Crippen molar-refractivity contribution in [1.29, 1.82) is 0 Å². The number of benzene rings is 1. The Morgan fingerprint density at radius 1 is 1.14 bits per heavy atom. The molecule has 3 atom stereocenters. The summed E-state index contributed by atoms with van der Waals surface area (Å²) in [5.74, 6) is 1.77. The van der Waals surface area contributed by atoms with Crippen LogP contribution in [-0.2, 0) is 6.42 Å². The molecular weight excluding hydrogens is 254 g/mol. The normalized spacial score (nSPS) is 24.0. The second-order valence-electron chi connectivity index (χ2n) is 7.29. The highest BCUT2D eigenvalue weighted by molar-refractivity contribution is 5.29. The minimum atomic E-state index is 0.661. The summed E-state index contributed by atoms with van der Waals surface area (Å²) in [6, 6.07) is 7.69. The molecule has 1 heteroatoms. The van der Waals surface area contributed by atoms with E-state index in [0.29, 0.717) is 6.04 Å². The Morgan fingerprint density at radius 3 is 2.48 bits per heavy atom. The maximum atomic E-state index is 3.85. The van der Waals surface area contributed by atoms with Gasteiger partial charge in [-0.25, -0.2) is 0 Å². The van der Waals surface area contributed by atoms with Crippen molar-refractivity contribution in [3.63, 3.8) is 0 Å². The smallest absolute Gasteiger partial charge is 0.0136 e.